The molecule has 2 rings (SSSR count). The van der Waals surface area contributed by atoms with Crippen LogP contribution < -0.4 is 4.31 Å². The fraction of sp³-hybridized carbons (Fsp3) is 0.286. The Morgan fingerprint density at radius 2 is 1.95 bits per heavy atom. The van der Waals surface area contributed by atoms with Crippen LogP contribution in [0.5, 0.6) is 0 Å². The SMILES string of the molecule is CCc1cc(CS(=O)(=O)N(C)c2ccc(C(=O)O)cc2)on1. The Labute approximate surface area is 128 Å². The number of aromatic nitrogens is 1. The zero-order valence-corrected chi connectivity index (χ0v) is 13.0. The first-order valence-corrected chi connectivity index (χ1v) is 8.19. The fourth-order valence-corrected chi connectivity index (χ4v) is 2.97. The van der Waals surface area contributed by atoms with Crippen molar-refractivity contribution in [3.05, 3.63) is 47.3 Å². The molecule has 1 aromatic heterocycles. The number of aromatic carboxylic acids is 1. The van der Waals surface area contributed by atoms with Crippen LogP contribution in [0.15, 0.2) is 34.9 Å². The van der Waals surface area contributed by atoms with Gasteiger partial charge in [-0.2, -0.15) is 0 Å². The fourth-order valence-electron chi connectivity index (χ4n) is 1.84. The molecule has 1 heterocycles. The van der Waals surface area contributed by atoms with Crippen LogP contribution in [-0.4, -0.2) is 31.7 Å². The van der Waals surface area contributed by atoms with Crippen LogP contribution in [0.3, 0.4) is 0 Å². The van der Waals surface area contributed by atoms with E-state index in [0.29, 0.717) is 17.8 Å². The second-order valence-corrected chi connectivity index (χ2v) is 6.71. The standard InChI is InChI=1S/C14H16N2O5S/c1-3-11-8-13(21-15-11)9-22(19,20)16(2)12-6-4-10(5-7-12)14(17)18/h4-8H,3,9H2,1-2H3,(H,17,18). The van der Waals surface area contributed by atoms with Gasteiger partial charge in [0.1, 0.15) is 5.75 Å². The summed E-state index contributed by atoms with van der Waals surface area (Å²) in [5, 5.41) is 12.6. The Hall–Kier alpha value is -2.35. The van der Waals surface area contributed by atoms with Crippen LogP contribution in [0, 0.1) is 0 Å². The Balaban J connectivity index is 2.19. The van der Waals surface area contributed by atoms with E-state index in [0.717, 1.165) is 4.31 Å². The second kappa shape index (κ2) is 6.18. The molecule has 118 valence electrons. The number of anilines is 1. The average Bonchev–Trinajstić information content (AvgIpc) is 2.93. The van der Waals surface area contributed by atoms with Crippen LogP contribution >= 0.6 is 0 Å². The molecule has 0 aliphatic carbocycles. The maximum Gasteiger partial charge on any atom is 0.335 e. The smallest absolute Gasteiger partial charge is 0.335 e. The van der Waals surface area contributed by atoms with Gasteiger partial charge in [0, 0.05) is 13.1 Å². The highest BCUT2D eigenvalue weighted by molar-refractivity contribution is 7.92. The lowest BCUT2D eigenvalue weighted by molar-refractivity contribution is 0.0697. The van der Waals surface area contributed by atoms with E-state index in [1.165, 1.54) is 31.3 Å². The average molecular weight is 324 g/mol. The summed E-state index contributed by atoms with van der Waals surface area (Å²) in [5.41, 5.74) is 1.16. The molecular weight excluding hydrogens is 308 g/mol. The third kappa shape index (κ3) is 3.45. The van der Waals surface area contributed by atoms with Crippen molar-refractivity contribution in [3.63, 3.8) is 0 Å². The van der Waals surface area contributed by atoms with Gasteiger partial charge in [0.05, 0.1) is 16.9 Å². The van der Waals surface area contributed by atoms with E-state index < -0.39 is 16.0 Å². The maximum atomic E-state index is 12.3. The molecule has 0 radical (unpaired) electrons. The summed E-state index contributed by atoms with van der Waals surface area (Å²) in [6, 6.07) is 7.21. The van der Waals surface area contributed by atoms with Gasteiger partial charge in [-0.25, -0.2) is 13.2 Å². The highest BCUT2D eigenvalue weighted by atomic mass is 32.2. The Bertz CT molecular complexity index is 765. The normalized spacial score (nSPS) is 11.4. The first-order chi connectivity index (χ1) is 10.3. The minimum atomic E-state index is -3.64. The van der Waals surface area contributed by atoms with Gasteiger partial charge in [0.15, 0.2) is 5.76 Å². The second-order valence-electron chi connectivity index (χ2n) is 4.71. The van der Waals surface area contributed by atoms with E-state index >= 15 is 0 Å². The molecule has 0 saturated carbocycles. The van der Waals surface area contributed by atoms with E-state index in [1.54, 1.807) is 6.07 Å². The third-order valence-electron chi connectivity index (χ3n) is 3.19. The summed E-state index contributed by atoms with van der Waals surface area (Å²) in [6.45, 7) is 1.90. The summed E-state index contributed by atoms with van der Waals surface area (Å²) in [5.74, 6) is -1.10. The van der Waals surface area contributed by atoms with Crippen LogP contribution in [0.25, 0.3) is 0 Å². The number of carboxylic acid groups (broad SMARTS) is 1. The van der Waals surface area contributed by atoms with Gasteiger partial charge < -0.3 is 9.63 Å². The first kappa shape index (κ1) is 16.0. The van der Waals surface area contributed by atoms with Gasteiger partial charge in [-0.3, -0.25) is 4.31 Å². The molecule has 8 heteroatoms. The highest BCUT2D eigenvalue weighted by Crippen LogP contribution is 2.20. The van der Waals surface area contributed by atoms with Crippen LogP contribution in [0.4, 0.5) is 5.69 Å². The molecule has 22 heavy (non-hydrogen) atoms. The van der Waals surface area contributed by atoms with E-state index in [9.17, 15) is 13.2 Å². The van der Waals surface area contributed by atoms with Crippen molar-refractivity contribution < 1.29 is 22.8 Å². The molecule has 0 saturated heterocycles. The molecule has 0 unspecified atom stereocenters. The molecule has 0 atom stereocenters. The van der Waals surface area contributed by atoms with Crippen molar-refractivity contribution in [2.45, 2.75) is 19.1 Å². The lowest BCUT2D eigenvalue weighted by Gasteiger charge is -2.18. The van der Waals surface area contributed by atoms with Gasteiger partial charge in [0.2, 0.25) is 10.0 Å². The van der Waals surface area contributed by atoms with Gasteiger partial charge >= 0.3 is 5.97 Å². The molecule has 0 aliphatic heterocycles. The van der Waals surface area contributed by atoms with Crippen LogP contribution in [-0.2, 0) is 22.2 Å². The highest BCUT2D eigenvalue weighted by Gasteiger charge is 2.22. The van der Waals surface area contributed by atoms with Gasteiger partial charge in [-0.05, 0) is 30.7 Å². The lowest BCUT2D eigenvalue weighted by Crippen LogP contribution is -2.27. The number of hydrogen-bond donors (Lipinski definition) is 1. The van der Waals surface area contributed by atoms with Crippen LogP contribution in [0.2, 0.25) is 0 Å². The summed E-state index contributed by atoms with van der Waals surface area (Å²) >= 11 is 0. The van der Waals surface area contributed by atoms with Crippen molar-refractivity contribution in [1.82, 2.24) is 5.16 Å². The summed E-state index contributed by atoms with van der Waals surface area (Å²) in [4.78, 5) is 10.8. The zero-order chi connectivity index (χ0) is 16.3. The molecule has 2 aromatic rings. The van der Waals surface area contributed by atoms with E-state index in [4.69, 9.17) is 9.63 Å². The molecule has 0 amide bonds. The van der Waals surface area contributed by atoms with E-state index in [-0.39, 0.29) is 17.1 Å². The Morgan fingerprint density at radius 1 is 1.32 bits per heavy atom. The monoisotopic (exact) mass is 324 g/mol. The molecule has 0 fully saturated rings. The number of carbonyl (C=O) groups is 1. The molecule has 1 aromatic carbocycles. The van der Waals surface area contributed by atoms with Crippen molar-refractivity contribution in [1.29, 1.82) is 0 Å². The predicted octanol–water partition coefficient (Wildman–Crippen LogP) is 1.90. The van der Waals surface area contributed by atoms with Gasteiger partial charge in [-0.1, -0.05) is 12.1 Å². The summed E-state index contributed by atoms with van der Waals surface area (Å²) in [6.07, 6.45) is 0.663. The van der Waals surface area contributed by atoms with Gasteiger partial charge in [-0.15, -0.1) is 0 Å². The summed E-state index contributed by atoms with van der Waals surface area (Å²) < 4.78 is 30.8. The topological polar surface area (TPSA) is 101 Å². The van der Waals surface area contributed by atoms with Crippen molar-refractivity contribution in [3.8, 4) is 0 Å². The molecule has 0 aliphatic rings. The first-order valence-electron chi connectivity index (χ1n) is 6.58. The number of rotatable bonds is 6. The Morgan fingerprint density at radius 3 is 2.45 bits per heavy atom. The van der Waals surface area contributed by atoms with E-state index in [1.807, 2.05) is 6.92 Å². The zero-order valence-electron chi connectivity index (χ0n) is 12.2. The quantitative estimate of drug-likeness (QED) is 0.871. The predicted molar refractivity (Wildman–Crippen MR) is 80.3 cm³/mol. The minimum Gasteiger partial charge on any atom is -0.478 e. The number of aryl methyl sites for hydroxylation is 1. The van der Waals surface area contributed by atoms with Crippen LogP contribution in [0.1, 0.15) is 28.7 Å². The molecular formula is C14H16N2O5S. The largest absolute Gasteiger partial charge is 0.478 e. The minimum absolute atomic E-state index is 0.0948. The Kier molecular flexibility index (Phi) is 4.51. The van der Waals surface area contributed by atoms with Crippen molar-refractivity contribution in [2.24, 2.45) is 0 Å². The van der Waals surface area contributed by atoms with Crippen molar-refractivity contribution >= 4 is 21.7 Å². The molecule has 0 bridgehead atoms. The molecule has 1 N–H and O–H groups in total. The third-order valence-corrected chi connectivity index (χ3v) is 4.88. The number of benzene rings is 1. The number of sulfonamides is 1. The lowest BCUT2D eigenvalue weighted by atomic mass is 10.2. The number of carboxylic acids is 1. The summed E-state index contributed by atoms with van der Waals surface area (Å²) in [7, 11) is -2.24. The number of nitrogens with zero attached hydrogens (tertiary/aromatic N) is 2. The number of hydrogen-bond acceptors (Lipinski definition) is 5. The van der Waals surface area contributed by atoms with Crippen molar-refractivity contribution in [2.75, 3.05) is 11.4 Å². The molecule has 7 nitrogen and oxygen atoms in total. The maximum absolute atomic E-state index is 12.3. The van der Waals surface area contributed by atoms with Gasteiger partial charge in [0.25, 0.3) is 0 Å². The van der Waals surface area contributed by atoms with E-state index in [2.05, 4.69) is 5.16 Å². The molecule has 0 spiro atoms.